The molecular weight excluding hydrogens is 436 g/mol. The number of para-hydroxylation sites is 1. The normalized spacial score (nSPS) is 17.6. The van der Waals surface area contributed by atoms with Crippen molar-refractivity contribution in [1.82, 2.24) is 29.8 Å². The van der Waals surface area contributed by atoms with Crippen molar-refractivity contribution in [3.63, 3.8) is 0 Å². The third kappa shape index (κ3) is 4.40. The predicted octanol–water partition coefficient (Wildman–Crippen LogP) is 2.12. The number of halogens is 2. The fourth-order valence-electron chi connectivity index (χ4n) is 4.07. The van der Waals surface area contributed by atoms with Gasteiger partial charge in [-0.3, -0.25) is 4.57 Å². The molecule has 0 atom stereocenters. The summed E-state index contributed by atoms with van der Waals surface area (Å²) < 4.78 is 46.2. The number of morpholine rings is 1. The van der Waals surface area contributed by atoms with Crippen LogP contribution in [0, 0.1) is 0 Å². The number of aromatic nitrogens is 5. The molecule has 0 bridgehead atoms. The molecule has 2 aromatic heterocycles. The fourth-order valence-corrected chi connectivity index (χ4v) is 4.07. The van der Waals surface area contributed by atoms with Crippen LogP contribution < -0.4 is 19.7 Å². The molecule has 33 heavy (non-hydrogen) atoms. The number of hydrogen-bond acceptors (Lipinski definition) is 9. The third-order valence-corrected chi connectivity index (χ3v) is 5.73. The van der Waals surface area contributed by atoms with Crippen LogP contribution in [-0.2, 0) is 4.74 Å². The molecule has 2 saturated heterocycles. The van der Waals surface area contributed by atoms with E-state index in [9.17, 15) is 8.78 Å². The molecule has 1 N–H and O–H groups in total. The monoisotopic (exact) mass is 461 g/mol. The highest BCUT2D eigenvalue weighted by atomic mass is 19.3. The zero-order valence-corrected chi connectivity index (χ0v) is 18.2. The molecule has 0 saturated carbocycles. The second-order valence-electron chi connectivity index (χ2n) is 7.82. The summed E-state index contributed by atoms with van der Waals surface area (Å²) in [6, 6.07) is 5.18. The van der Waals surface area contributed by atoms with E-state index in [1.54, 1.807) is 18.2 Å². The van der Waals surface area contributed by atoms with Crippen molar-refractivity contribution in [3.05, 3.63) is 24.0 Å². The second-order valence-corrected chi connectivity index (χ2v) is 7.82. The number of alkyl halides is 2. The highest BCUT2D eigenvalue weighted by Crippen LogP contribution is 2.32. The Hall–Kier alpha value is -3.12. The van der Waals surface area contributed by atoms with Crippen molar-refractivity contribution in [3.8, 4) is 17.7 Å². The Morgan fingerprint density at radius 2 is 1.82 bits per heavy atom. The zero-order valence-electron chi connectivity index (χ0n) is 18.2. The number of piperidine rings is 1. The minimum Gasteiger partial charge on any atom is -0.494 e. The first kappa shape index (κ1) is 21.7. The largest absolute Gasteiger partial charge is 0.494 e. The number of anilines is 1. The number of rotatable bonds is 6. The molecule has 0 unspecified atom stereocenters. The topological polar surface area (TPSA) is 99.5 Å². The number of hydrogen-bond donors (Lipinski definition) is 1. The lowest BCUT2D eigenvalue weighted by Gasteiger charge is -2.28. The van der Waals surface area contributed by atoms with Gasteiger partial charge in [0.1, 0.15) is 17.4 Å². The third-order valence-electron chi connectivity index (χ3n) is 5.73. The lowest BCUT2D eigenvalue weighted by Crippen LogP contribution is -2.38. The Morgan fingerprint density at radius 1 is 1.06 bits per heavy atom. The number of imidazole rings is 1. The molecule has 0 aliphatic carbocycles. The van der Waals surface area contributed by atoms with Gasteiger partial charge in [0, 0.05) is 13.1 Å². The van der Waals surface area contributed by atoms with E-state index < -0.39 is 12.2 Å². The van der Waals surface area contributed by atoms with Crippen LogP contribution in [-0.4, -0.2) is 77.1 Å². The molecule has 2 aliphatic heterocycles. The van der Waals surface area contributed by atoms with Crippen LogP contribution in [0.5, 0.6) is 11.8 Å². The van der Waals surface area contributed by atoms with E-state index in [4.69, 9.17) is 14.2 Å². The first-order valence-corrected chi connectivity index (χ1v) is 10.9. The van der Waals surface area contributed by atoms with Crippen LogP contribution >= 0.6 is 0 Å². The maximum atomic E-state index is 14.1. The highest BCUT2D eigenvalue weighted by molar-refractivity contribution is 5.84. The van der Waals surface area contributed by atoms with Crippen molar-refractivity contribution in [2.24, 2.45) is 0 Å². The lowest BCUT2D eigenvalue weighted by molar-refractivity contribution is 0.121. The Bertz CT molecular complexity index is 1110. The summed E-state index contributed by atoms with van der Waals surface area (Å²) in [5.74, 6) is 0.307. The first-order valence-electron chi connectivity index (χ1n) is 10.9. The first-order chi connectivity index (χ1) is 16.1. The summed E-state index contributed by atoms with van der Waals surface area (Å²) in [4.78, 5) is 19.6. The number of benzene rings is 1. The maximum Gasteiger partial charge on any atom is 0.323 e. The smallest absolute Gasteiger partial charge is 0.323 e. The van der Waals surface area contributed by atoms with E-state index in [0.29, 0.717) is 49.0 Å². The van der Waals surface area contributed by atoms with Crippen LogP contribution in [0.1, 0.15) is 25.1 Å². The van der Waals surface area contributed by atoms with E-state index in [1.807, 2.05) is 4.90 Å². The van der Waals surface area contributed by atoms with Gasteiger partial charge in [0.25, 0.3) is 6.43 Å². The van der Waals surface area contributed by atoms with Gasteiger partial charge in [0.15, 0.2) is 5.82 Å². The molecule has 0 spiro atoms. The number of nitrogens with one attached hydrogen (secondary N) is 1. The minimum absolute atomic E-state index is 0.0291. The molecule has 4 heterocycles. The SMILES string of the molecule is COc1cccc2c1nc(C(F)F)n2-c1nc(OC2CCNCC2)nc(N2CCOCC2)n1. The molecule has 1 aromatic carbocycles. The van der Waals surface area contributed by atoms with Crippen LogP contribution in [0.3, 0.4) is 0 Å². The van der Waals surface area contributed by atoms with Crippen molar-refractivity contribution < 1.29 is 23.0 Å². The van der Waals surface area contributed by atoms with Gasteiger partial charge < -0.3 is 24.4 Å². The van der Waals surface area contributed by atoms with Gasteiger partial charge >= 0.3 is 6.01 Å². The molecule has 3 aromatic rings. The van der Waals surface area contributed by atoms with Crippen molar-refractivity contribution in [1.29, 1.82) is 0 Å². The van der Waals surface area contributed by atoms with Gasteiger partial charge in [-0.2, -0.15) is 15.0 Å². The summed E-state index contributed by atoms with van der Waals surface area (Å²) >= 11 is 0. The van der Waals surface area contributed by atoms with Crippen molar-refractivity contribution in [2.45, 2.75) is 25.4 Å². The number of nitrogens with zero attached hydrogens (tertiary/aromatic N) is 6. The molecule has 0 amide bonds. The van der Waals surface area contributed by atoms with Crippen molar-refractivity contribution >= 4 is 17.0 Å². The lowest BCUT2D eigenvalue weighted by atomic mass is 10.1. The van der Waals surface area contributed by atoms with E-state index >= 15 is 0 Å². The number of methoxy groups -OCH3 is 1. The van der Waals surface area contributed by atoms with E-state index in [-0.39, 0.29) is 18.1 Å². The standard InChI is InChI=1S/C21H25F2N7O3/c1-31-15-4-2-3-14-16(15)25-18(17(22)23)30(14)20-26-19(29-9-11-32-12-10-29)27-21(28-20)33-13-5-7-24-8-6-13/h2-4,13,17,24H,5-12H2,1H3. The predicted molar refractivity (Wildman–Crippen MR) is 116 cm³/mol. The van der Waals surface area contributed by atoms with Gasteiger partial charge in [0.2, 0.25) is 11.9 Å². The fraction of sp³-hybridized carbons (Fsp3) is 0.524. The van der Waals surface area contributed by atoms with Gasteiger partial charge in [-0.1, -0.05) is 6.07 Å². The molecule has 0 radical (unpaired) electrons. The maximum absolute atomic E-state index is 14.1. The second kappa shape index (κ2) is 9.40. The zero-order chi connectivity index (χ0) is 22.8. The molecule has 2 aliphatic rings. The average molecular weight is 461 g/mol. The minimum atomic E-state index is -2.85. The summed E-state index contributed by atoms with van der Waals surface area (Å²) in [5, 5.41) is 3.29. The van der Waals surface area contributed by atoms with Crippen LogP contribution in [0.15, 0.2) is 18.2 Å². The number of ether oxygens (including phenoxy) is 3. The molecule has 12 heteroatoms. The summed E-state index contributed by atoms with van der Waals surface area (Å²) in [6.07, 6.45) is -1.30. The average Bonchev–Trinajstić information content (AvgIpc) is 3.25. The molecule has 5 rings (SSSR count). The Morgan fingerprint density at radius 3 is 2.55 bits per heavy atom. The van der Waals surface area contributed by atoms with E-state index in [1.165, 1.54) is 11.7 Å². The number of fused-ring (bicyclic) bond motifs is 1. The summed E-state index contributed by atoms with van der Waals surface area (Å²) in [6.45, 7) is 3.88. The highest BCUT2D eigenvalue weighted by Gasteiger charge is 2.26. The van der Waals surface area contributed by atoms with Gasteiger partial charge in [-0.15, -0.1) is 0 Å². The van der Waals surface area contributed by atoms with Crippen LogP contribution in [0.25, 0.3) is 17.0 Å². The summed E-state index contributed by atoms with van der Waals surface area (Å²) in [5.41, 5.74) is 0.723. The Kier molecular flexibility index (Phi) is 6.18. The van der Waals surface area contributed by atoms with Gasteiger partial charge in [0.05, 0.1) is 25.8 Å². The van der Waals surface area contributed by atoms with E-state index in [0.717, 1.165) is 25.9 Å². The van der Waals surface area contributed by atoms with Crippen LogP contribution in [0.2, 0.25) is 0 Å². The quantitative estimate of drug-likeness (QED) is 0.592. The van der Waals surface area contributed by atoms with Crippen molar-refractivity contribution in [2.75, 3.05) is 51.4 Å². The summed E-state index contributed by atoms with van der Waals surface area (Å²) in [7, 11) is 1.47. The molecule has 176 valence electrons. The van der Waals surface area contributed by atoms with Gasteiger partial charge in [-0.25, -0.2) is 13.8 Å². The molecule has 2 fully saturated rings. The Balaban J connectivity index is 1.64. The molecule has 10 nitrogen and oxygen atoms in total. The Labute approximate surface area is 188 Å². The van der Waals surface area contributed by atoms with Gasteiger partial charge in [-0.05, 0) is 38.1 Å². The molecular formula is C21H25F2N7O3. The van der Waals surface area contributed by atoms with E-state index in [2.05, 4.69) is 25.3 Å². The van der Waals surface area contributed by atoms with Crippen LogP contribution in [0.4, 0.5) is 14.7 Å².